The summed E-state index contributed by atoms with van der Waals surface area (Å²) in [5.41, 5.74) is 1.09. The van der Waals surface area contributed by atoms with Crippen molar-refractivity contribution in [3.63, 3.8) is 0 Å². The van der Waals surface area contributed by atoms with Gasteiger partial charge in [-0.15, -0.1) is 11.6 Å². The molecule has 0 aliphatic rings. The fraction of sp³-hybridized carbons (Fsp3) is 0.500. The first-order chi connectivity index (χ1) is 7.13. The Bertz CT molecular complexity index is 286. The SMILES string of the molecule is CC(CCl)C(C)NCc1ccc(F)cc1. The summed E-state index contributed by atoms with van der Waals surface area (Å²) in [6, 6.07) is 6.91. The monoisotopic (exact) mass is 229 g/mol. The van der Waals surface area contributed by atoms with Crippen molar-refractivity contribution in [1.29, 1.82) is 0 Å². The summed E-state index contributed by atoms with van der Waals surface area (Å²) in [5, 5.41) is 3.36. The Hall–Kier alpha value is -0.600. The van der Waals surface area contributed by atoms with Gasteiger partial charge in [-0.05, 0) is 30.5 Å². The molecule has 2 atom stereocenters. The second kappa shape index (κ2) is 6.09. The fourth-order valence-corrected chi connectivity index (χ4v) is 1.48. The van der Waals surface area contributed by atoms with E-state index in [1.165, 1.54) is 12.1 Å². The molecule has 0 saturated carbocycles. The van der Waals surface area contributed by atoms with Gasteiger partial charge in [0.2, 0.25) is 0 Å². The van der Waals surface area contributed by atoms with Crippen LogP contribution in [0, 0.1) is 11.7 Å². The lowest BCUT2D eigenvalue weighted by Crippen LogP contribution is -2.32. The van der Waals surface area contributed by atoms with Gasteiger partial charge in [-0.1, -0.05) is 19.1 Å². The number of nitrogens with one attached hydrogen (secondary N) is 1. The van der Waals surface area contributed by atoms with Gasteiger partial charge in [0.1, 0.15) is 5.82 Å². The Labute approximate surface area is 95.6 Å². The van der Waals surface area contributed by atoms with Gasteiger partial charge in [0, 0.05) is 18.5 Å². The maximum absolute atomic E-state index is 12.6. The molecule has 0 radical (unpaired) electrons. The molecule has 1 N–H and O–H groups in total. The van der Waals surface area contributed by atoms with E-state index >= 15 is 0 Å². The highest BCUT2D eigenvalue weighted by molar-refractivity contribution is 6.18. The molecule has 15 heavy (non-hydrogen) atoms. The summed E-state index contributed by atoms with van der Waals surface area (Å²) in [6.45, 7) is 4.97. The summed E-state index contributed by atoms with van der Waals surface area (Å²) in [4.78, 5) is 0. The van der Waals surface area contributed by atoms with Crippen molar-refractivity contribution < 1.29 is 4.39 Å². The molecule has 2 unspecified atom stereocenters. The average Bonchev–Trinajstić information content (AvgIpc) is 2.26. The van der Waals surface area contributed by atoms with Crippen LogP contribution in [0.25, 0.3) is 0 Å². The number of benzene rings is 1. The van der Waals surface area contributed by atoms with E-state index in [4.69, 9.17) is 11.6 Å². The summed E-state index contributed by atoms with van der Waals surface area (Å²) >= 11 is 5.76. The number of rotatable bonds is 5. The lowest BCUT2D eigenvalue weighted by molar-refractivity contribution is 0.430. The maximum atomic E-state index is 12.6. The zero-order chi connectivity index (χ0) is 11.3. The third kappa shape index (κ3) is 4.18. The fourth-order valence-electron chi connectivity index (χ4n) is 1.22. The maximum Gasteiger partial charge on any atom is 0.123 e. The molecule has 1 aromatic rings. The van der Waals surface area contributed by atoms with Crippen molar-refractivity contribution >= 4 is 11.6 Å². The molecule has 1 nitrogen and oxygen atoms in total. The van der Waals surface area contributed by atoms with Crippen molar-refractivity contribution in [3.05, 3.63) is 35.6 Å². The topological polar surface area (TPSA) is 12.0 Å². The van der Waals surface area contributed by atoms with Gasteiger partial charge in [-0.25, -0.2) is 4.39 Å². The van der Waals surface area contributed by atoms with Crippen LogP contribution in [0.5, 0.6) is 0 Å². The van der Waals surface area contributed by atoms with E-state index < -0.39 is 0 Å². The molecule has 0 heterocycles. The molecule has 0 aliphatic carbocycles. The van der Waals surface area contributed by atoms with Gasteiger partial charge in [0.25, 0.3) is 0 Å². The predicted molar refractivity (Wildman–Crippen MR) is 62.6 cm³/mol. The molecule has 84 valence electrons. The quantitative estimate of drug-likeness (QED) is 0.765. The second-order valence-electron chi connectivity index (χ2n) is 3.93. The Morgan fingerprint density at radius 3 is 2.40 bits per heavy atom. The zero-order valence-electron chi connectivity index (χ0n) is 9.13. The first kappa shape index (κ1) is 12.5. The normalized spacial score (nSPS) is 14.9. The Morgan fingerprint density at radius 1 is 1.27 bits per heavy atom. The molecule has 0 aliphatic heterocycles. The predicted octanol–water partition coefficient (Wildman–Crippen LogP) is 3.18. The van der Waals surface area contributed by atoms with Crippen LogP contribution in [0.4, 0.5) is 4.39 Å². The van der Waals surface area contributed by atoms with Crippen molar-refractivity contribution in [2.24, 2.45) is 5.92 Å². The van der Waals surface area contributed by atoms with Crippen LogP contribution in [0.15, 0.2) is 24.3 Å². The third-order valence-electron chi connectivity index (χ3n) is 2.64. The Kier molecular flexibility index (Phi) is 5.06. The van der Waals surface area contributed by atoms with Gasteiger partial charge in [0.15, 0.2) is 0 Å². The van der Waals surface area contributed by atoms with Crippen LogP contribution in [0.2, 0.25) is 0 Å². The van der Waals surface area contributed by atoms with Gasteiger partial charge in [0.05, 0.1) is 0 Å². The lowest BCUT2D eigenvalue weighted by Gasteiger charge is -2.19. The summed E-state index contributed by atoms with van der Waals surface area (Å²) in [6.07, 6.45) is 0. The van der Waals surface area contributed by atoms with Crippen LogP contribution in [-0.4, -0.2) is 11.9 Å². The van der Waals surface area contributed by atoms with Gasteiger partial charge in [-0.3, -0.25) is 0 Å². The van der Waals surface area contributed by atoms with Crippen LogP contribution in [0.3, 0.4) is 0 Å². The highest BCUT2D eigenvalue weighted by Gasteiger charge is 2.09. The number of halogens is 2. The first-order valence-corrected chi connectivity index (χ1v) is 5.70. The number of hydrogen-bond acceptors (Lipinski definition) is 1. The lowest BCUT2D eigenvalue weighted by atomic mass is 10.1. The average molecular weight is 230 g/mol. The van der Waals surface area contributed by atoms with Crippen molar-refractivity contribution in [1.82, 2.24) is 5.32 Å². The van der Waals surface area contributed by atoms with Crippen LogP contribution in [0.1, 0.15) is 19.4 Å². The molecule has 0 saturated heterocycles. The minimum absolute atomic E-state index is 0.194. The zero-order valence-corrected chi connectivity index (χ0v) is 9.89. The van der Waals surface area contributed by atoms with E-state index in [0.717, 1.165) is 12.1 Å². The molecule has 0 bridgehead atoms. The molecule has 0 fully saturated rings. The minimum Gasteiger partial charge on any atom is -0.310 e. The molecular weight excluding hydrogens is 213 g/mol. The molecular formula is C12H17ClFN. The molecule has 0 amide bonds. The van der Waals surface area contributed by atoms with Gasteiger partial charge in [-0.2, -0.15) is 0 Å². The summed E-state index contributed by atoms with van der Waals surface area (Å²) in [7, 11) is 0. The van der Waals surface area contributed by atoms with E-state index in [1.54, 1.807) is 12.1 Å². The van der Waals surface area contributed by atoms with E-state index in [-0.39, 0.29) is 5.82 Å². The smallest absolute Gasteiger partial charge is 0.123 e. The van der Waals surface area contributed by atoms with E-state index in [0.29, 0.717) is 17.8 Å². The molecule has 1 aromatic carbocycles. The van der Waals surface area contributed by atoms with E-state index in [9.17, 15) is 4.39 Å². The van der Waals surface area contributed by atoms with Crippen molar-refractivity contribution in [2.75, 3.05) is 5.88 Å². The minimum atomic E-state index is -0.194. The molecule has 1 rings (SSSR count). The highest BCUT2D eigenvalue weighted by atomic mass is 35.5. The molecule has 0 aromatic heterocycles. The first-order valence-electron chi connectivity index (χ1n) is 5.17. The van der Waals surface area contributed by atoms with Crippen LogP contribution in [-0.2, 0) is 6.54 Å². The third-order valence-corrected chi connectivity index (χ3v) is 3.13. The number of hydrogen-bond donors (Lipinski definition) is 1. The van der Waals surface area contributed by atoms with E-state index in [2.05, 4.69) is 19.2 Å². The van der Waals surface area contributed by atoms with Crippen molar-refractivity contribution in [2.45, 2.75) is 26.4 Å². The van der Waals surface area contributed by atoms with Crippen molar-refractivity contribution in [3.8, 4) is 0 Å². The van der Waals surface area contributed by atoms with Gasteiger partial charge < -0.3 is 5.32 Å². The molecule has 3 heteroatoms. The Balaban J connectivity index is 2.40. The Morgan fingerprint density at radius 2 is 1.87 bits per heavy atom. The number of alkyl halides is 1. The summed E-state index contributed by atoms with van der Waals surface area (Å²) < 4.78 is 12.6. The second-order valence-corrected chi connectivity index (χ2v) is 4.24. The van der Waals surface area contributed by atoms with Gasteiger partial charge >= 0.3 is 0 Å². The standard InChI is InChI=1S/C12H17ClFN/c1-9(7-13)10(2)15-8-11-3-5-12(14)6-4-11/h3-6,9-10,15H,7-8H2,1-2H3. The largest absolute Gasteiger partial charge is 0.310 e. The van der Waals surface area contributed by atoms with Crippen LogP contribution < -0.4 is 5.32 Å². The van der Waals surface area contributed by atoms with Crippen LogP contribution >= 0.6 is 11.6 Å². The highest BCUT2D eigenvalue weighted by Crippen LogP contribution is 2.07. The molecule has 0 spiro atoms. The summed E-state index contributed by atoms with van der Waals surface area (Å²) in [5.74, 6) is 0.894. The van der Waals surface area contributed by atoms with E-state index in [1.807, 2.05) is 0 Å².